The van der Waals surface area contributed by atoms with E-state index in [1.54, 1.807) is 0 Å². The van der Waals surface area contributed by atoms with Crippen LogP contribution >= 0.6 is 15.9 Å². The van der Waals surface area contributed by atoms with Crippen molar-refractivity contribution >= 4 is 21.7 Å². The molecule has 0 atom stereocenters. The van der Waals surface area contributed by atoms with Crippen molar-refractivity contribution in [3.63, 3.8) is 0 Å². The van der Waals surface area contributed by atoms with Crippen molar-refractivity contribution in [2.45, 2.75) is 13.8 Å². The molecule has 0 fully saturated rings. The third-order valence-corrected chi connectivity index (χ3v) is 3.06. The predicted molar refractivity (Wildman–Crippen MR) is 77.5 cm³/mol. The minimum atomic E-state index is 0.631. The number of hydrogen-bond acceptors (Lipinski definition) is 3. The van der Waals surface area contributed by atoms with Gasteiger partial charge in [0.25, 0.3) is 0 Å². The third kappa shape index (κ3) is 5.04. The zero-order valence-corrected chi connectivity index (χ0v) is 12.7. The molecular formula is C13H22BrN3. The first-order valence-electron chi connectivity index (χ1n) is 6.01. The van der Waals surface area contributed by atoms with Crippen molar-refractivity contribution in [1.29, 1.82) is 0 Å². The molecule has 17 heavy (non-hydrogen) atoms. The fourth-order valence-corrected chi connectivity index (χ4v) is 2.16. The van der Waals surface area contributed by atoms with Crippen molar-refractivity contribution in [2.75, 3.05) is 38.6 Å². The van der Waals surface area contributed by atoms with Crippen LogP contribution in [0.15, 0.2) is 22.8 Å². The Labute approximate surface area is 113 Å². The summed E-state index contributed by atoms with van der Waals surface area (Å²) in [5.41, 5.74) is 0. The third-order valence-electron chi connectivity index (χ3n) is 2.44. The van der Waals surface area contributed by atoms with E-state index in [-0.39, 0.29) is 0 Å². The molecule has 0 saturated carbocycles. The van der Waals surface area contributed by atoms with Gasteiger partial charge in [0, 0.05) is 25.8 Å². The number of rotatable bonds is 6. The minimum Gasteiger partial charge on any atom is -0.354 e. The molecule has 0 radical (unpaired) electrons. The fourth-order valence-electron chi connectivity index (χ4n) is 1.66. The molecule has 4 heteroatoms. The van der Waals surface area contributed by atoms with Crippen molar-refractivity contribution in [1.82, 2.24) is 9.88 Å². The maximum atomic E-state index is 4.47. The molecule has 0 unspecified atom stereocenters. The van der Waals surface area contributed by atoms with E-state index in [9.17, 15) is 0 Å². The summed E-state index contributed by atoms with van der Waals surface area (Å²) in [5, 5.41) is 0. The van der Waals surface area contributed by atoms with Crippen molar-refractivity contribution in [3.05, 3.63) is 22.8 Å². The Morgan fingerprint density at radius 3 is 2.53 bits per heavy atom. The SMILES string of the molecule is CC(C)CN(CCN(C)C)c1ncccc1Br. The highest BCUT2D eigenvalue weighted by molar-refractivity contribution is 9.10. The molecule has 1 rings (SSSR count). The highest BCUT2D eigenvalue weighted by Crippen LogP contribution is 2.23. The van der Waals surface area contributed by atoms with Gasteiger partial charge in [-0.05, 0) is 48.1 Å². The Hall–Kier alpha value is -0.610. The second-order valence-electron chi connectivity index (χ2n) is 4.95. The van der Waals surface area contributed by atoms with Gasteiger partial charge in [-0.15, -0.1) is 0 Å². The van der Waals surface area contributed by atoms with E-state index in [0.29, 0.717) is 5.92 Å². The van der Waals surface area contributed by atoms with Crippen LogP contribution in [0, 0.1) is 5.92 Å². The highest BCUT2D eigenvalue weighted by Gasteiger charge is 2.12. The summed E-state index contributed by atoms with van der Waals surface area (Å²) in [4.78, 5) is 9.01. The largest absolute Gasteiger partial charge is 0.354 e. The minimum absolute atomic E-state index is 0.631. The molecule has 0 N–H and O–H groups in total. The number of hydrogen-bond donors (Lipinski definition) is 0. The molecule has 0 spiro atoms. The fraction of sp³-hybridized carbons (Fsp3) is 0.615. The van der Waals surface area contributed by atoms with Crippen LogP contribution in [0.25, 0.3) is 0 Å². The highest BCUT2D eigenvalue weighted by atomic mass is 79.9. The van der Waals surface area contributed by atoms with E-state index in [4.69, 9.17) is 0 Å². The smallest absolute Gasteiger partial charge is 0.142 e. The molecule has 0 aromatic carbocycles. The summed E-state index contributed by atoms with van der Waals surface area (Å²) in [5.74, 6) is 1.68. The lowest BCUT2D eigenvalue weighted by Crippen LogP contribution is -2.35. The van der Waals surface area contributed by atoms with E-state index >= 15 is 0 Å². The molecule has 0 saturated heterocycles. The molecule has 0 aliphatic rings. The average molecular weight is 300 g/mol. The van der Waals surface area contributed by atoms with Gasteiger partial charge >= 0.3 is 0 Å². The van der Waals surface area contributed by atoms with E-state index in [1.165, 1.54) is 0 Å². The Morgan fingerprint density at radius 2 is 2.00 bits per heavy atom. The number of nitrogens with zero attached hydrogens (tertiary/aromatic N) is 3. The molecule has 0 aliphatic carbocycles. The molecule has 0 bridgehead atoms. The zero-order valence-electron chi connectivity index (χ0n) is 11.2. The van der Waals surface area contributed by atoms with Gasteiger partial charge in [0.2, 0.25) is 0 Å². The standard InChI is InChI=1S/C13H22BrN3/c1-11(2)10-17(9-8-16(3)4)13-12(14)6-5-7-15-13/h5-7,11H,8-10H2,1-4H3. The second-order valence-corrected chi connectivity index (χ2v) is 5.81. The average Bonchev–Trinajstić information content (AvgIpc) is 2.24. The first-order valence-corrected chi connectivity index (χ1v) is 6.80. The van der Waals surface area contributed by atoms with Crippen LogP contribution in [0.3, 0.4) is 0 Å². The molecule has 1 aromatic heterocycles. The quantitative estimate of drug-likeness (QED) is 0.805. The van der Waals surface area contributed by atoms with Gasteiger partial charge < -0.3 is 9.80 Å². The topological polar surface area (TPSA) is 19.4 Å². The monoisotopic (exact) mass is 299 g/mol. The normalized spacial score (nSPS) is 11.2. The predicted octanol–water partition coefficient (Wildman–Crippen LogP) is 2.87. The van der Waals surface area contributed by atoms with Gasteiger partial charge in [-0.3, -0.25) is 0 Å². The van der Waals surface area contributed by atoms with Crippen molar-refractivity contribution in [2.24, 2.45) is 5.92 Å². The summed E-state index contributed by atoms with van der Waals surface area (Å²) in [7, 11) is 4.20. The first kappa shape index (κ1) is 14.5. The summed E-state index contributed by atoms with van der Waals surface area (Å²) in [6.45, 7) is 7.54. The lowest BCUT2D eigenvalue weighted by Gasteiger charge is -2.27. The van der Waals surface area contributed by atoms with Gasteiger partial charge in [-0.1, -0.05) is 13.8 Å². The number of halogens is 1. The Bertz CT molecular complexity index is 339. The van der Waals surface area contributed by atoms with Gasteiger partial charge in [0.15, 0.2) is 0 Å². The number of aromatic nitrogens is 1. The number of anilines is 1. The maximum Gasteiger partial charge on any atom is 0.142 e. The lowest BCUT2D eigenvalue weighted by atomic mass is 10.2. The Morgan fingerprint density at radius 1 is 1.29 bits per heavy atom. The second kappa shape index (κ2) is 6.97. The van der Waals surface area contributed by atoms with Crippen molar-refractivity contribution in [3.8, 4) is 0 Å². The zero-order chi connectivity index (χ0) is 12.8. The Balaban J connectivity index is 2.78. The van der Waals surface area contributed by atoms with Gasteiger partial charge in [-0.2, -0.15) is 0 Å². The number of likely N-dealkylation sites (N-methyl/N-ethyl adjacent to an activating group) is 1. The van der Waals surface area contributed by atoms with Gasteiger partial charge in [-0.25, -0.2) is 4.98 Å². The molecule has 1 aromatic rings. The van der Waals surface area contributed by atoms with E-state index in [2.05, 4.69) is 58.7 Å². The van der Waals surface area contributed by atoms with Crippen LogP contribution in [0.4, 0.5) is 5.82 Å². The molecule has 1 heterocycles. The van der Waals surface area contributed by atoms with Crippen LogP contribution in [-0.4, -0.2) is 43.6 Å². The number of pyridine rings is 1. The molecule has 96 valence electrons. The van der Waals surface area contributed by atoms with Crippen LogP contribution in [0.5, 0.6) is 0 Å². The van der Waals surface area contributed by atoms with Crippen molar-refractivity contribution < 1.29 is 0 Å². The summed E-state index contributed by atoms with van der Waals surface area (Å²) in [6, 6.07) is 4.00. The lowest BCUT2D eigenvalue weighted by molar-refractivity contribution is 0.408. The van der Waals surface area contributed by atoms with Gasteiger partial charge in [0.1, 0.15) is 5.82 Å². The van der Waals surface area contributed by atoms with E-state index < -0.39 is 0 Å². The summed E-state index contributed by atoms with van der Waals surface area (Å²) >= 11 is 3.58. The molecule has 0 amide bonds. The van der Waals surface area contributed by atoms with E-state index in [0.717, 1.165) is 29.9 Å². The first-order chi connectivity index (χ1) is 8.00. The van der Waals surface area contributed by atoms with Gasteiger partial charge in [0.05, 0.1) is 4.47 Å². The van der Waals surface area contributed by atoms with Crippen LogP contribution in [-0.2, 0) is 0 Å². The summed E-state index contributed by atoms with van der Waals surface area (Å²) < 4.78 is 1.07. The van der Waals surface area contributed by atoms with Crippen LogP contribution < -0.4 is 4.90 Å². The maximum absolute atomic E-state index is 4.47. The van der Waals surface area contributed by atoms with Crippen LogP contribution in [0.1, 0.15) is 13.8 Å². The molecule has 0 aliphatic heterocycles. The van der Waals surface area contributed by atoms with Crippen LogP contribution in [0.2, 0.25) is 0 Å². The Kier molecular flexibility index (Phi) is 5.92. The van der Waals surface area contributed by atoms with E-state index in [1.807, 2.05) is 18.3 Å². The molecule has 3 nitrogen and oxygen atoms in total. The summed E-state index contributed by atoms with van der Waals surface area (Å²) in [6.07, 6.45) is 1.85. The molecular weight excluding hydrogens is 278 g/mol.